The number of hydrogen-bond acceptors (Lipinski definition) is 4. The molecule has 1 N–H and O–H groups in total. The summed E-state index contributed by atoms with van der Waals surface area (Å²) < 4.78 is -0.108. The van der Waals surface area contributed by atoms with Crippen molar-refractivity contribution in [2.45, 2.75) is 25.5 Å². The average molecular weight is 231 g/mol. The summed E-state index contributed by atoms with van der Waals surface area (Å²) in [5.74, 6) is -0.886. The fourth-order valence-electron chi connectivity index (χ4n) is 0.940. The molecule has 0 aromatic carbocycles. The van der Waals surface area contributed by atoms with E-state index in [0.717, 1.165) is 5.01 Å². The van der Waals surface area contributed by atoms with Crippen LogP contribution in [0.15, 0.2) is 0 Å². The third-order valence-electron chi connectivity index (χ3n) is 2.02. The Morgan fingerprint density at radius 3 is 2.50 bits per heavy atom. The Bertz CT molecular complexity index is 358. The lowest BCUT2D eigenvalue weighted by molar-refractivity contribution is 0.0701. The Balaban J connectivity index is 3.15. The minimum Gasteiger partial charge on any atom is -0.477 e. The smallest absolute Gasteiger partial charge is 0.347 e. The maximum atomic E-state index is 10.8. The molecule has 1 heterocycles. The standard InChI is InChI=1S/C9H13NO2S2/c1-5-6(7(11)12)14-8(10-5)9(2,3)13-4/h1-4H3,(H,11,12). The fraction of sp³-hybridized carbons (Fsp3) is 0.556. The second kappa shape index (κ2) is 3.90. The predicted molar refractivity (Wildman–Crippen MR) is 60.4 cm³/mol. The topological polar surface area (TPSA) is 50.2 Å². The molecular weight excluding hydrogens is 218 g/mol. The number of carbonyl (C=O) groups is 1. The number of aromatic carboxylic acids is 1. The van der Waals surface area contributed by atoms with Crippen molar-refractivity contribution in [2.75, 3.05) is 6.26 Å². The van der Waals surface area contributed by atoms with Gasteiger partial charge in [-0.25, -0.2) is 9.78 Å². The third kappa shape index (κ3) is 2.09. The number of thiazole rings is 1. The Labute approximate surface area is 91.6 Å². The van der Waals surface area contributed by atoms with Gasteiger partial charge in [-0.3, -0.25) is 0 Å². The highest BCUT2D eigenvalue weighted by Crippen LogP contribution is 2.37. The SMILES string of the molecule is CSC(C)(C)c1nc(C)c(C(=O)O)s1. The highest BCUT2D eigenvalue weighted by molar-refractivity contribution is 7.99. The Morgan fingerprint density at radius 2 is 2.14 bits per heavy atom. The molecule has 0 fully saturated rings. The summed E-state index contributed by atoms with van der Waals surface area (Å²) >= 11 is 2.94. The molecule has 0 aliphatic heterocycles. The first kappa shape index (κ1) is 11.5. The number of thioether (sulfide) groups is 1. The van der Waals surface area contributed by atoms with Gasteiger partial charge in [0.25, 0.3) is 0 Å². The molecule has 14 heavy (non-hydrogen) atoms. The third-order valence-corrected chi connectivity index (χ3v) is 4.83. The first-order valence-electron chi connectivity index (χ1n) is 4.15. The molecular formula is C9H13NO2S2. The molecule has 1 rings (SSSR count). The predicted octanol–water partition coefficient (Wildman–Crippen LogP) is 2.75. The summed E-state index contributed by atoms with van der Waals surface area (Å²) in [4.78, 5) is 15.5. The van der Waals surface area contributed by atoms with Crippen LogP contribution in [-0.4, -0.2) is 22.3 Å². The van der Waals surface area contributed by atoms with Crippen LogP contribution in [0.1, 0.15) is 34.2 Å². The van der Waals surface area contributed by atoms with E-state index < -0.39 is 5.97 Å². The van der Waals surface area contributed by atoms with Gasteiger partial charge in [0, 0.05) is 0 Å². The zero-order valence-corrected chi connectivity index (χ0v) is 10.3. The van der Waals surface area contributed by atoms with E-state index in [1.807, 2.05) is 20.1 Å². The second-order valence-corrected chi connectivity index (χ2v) is 5.88. The van der Waals surface area contributed by atoms with Crippen molar-refractivity contribution in [1.82, 2.24) is 4.98 Å². The van der Waals surface area contributed by atoms with Crippen molar-refractivity contribution >= 4 is 29.1 Å². The molecule has 0 unspecified atom stereocenters. The van der Waals surface area contributed by atoms with Crippen molar-refractivity contribution in [2.24, 2.45) is 0 Å². The van der Waals surface area contributed by atoms with E-state index in [1.54, 1.807) is 18.7 Å². The van der Waals surface area contributed by atoms with Crippen LogP contribution in [0, 0.1) is 6.92 Å². The molecule has 0 radical (unpaired) electrons. The summed E-state index contributed by atoms with van der Waals surface area (Å²) in [6.45, 7) is 5.82. The van der Waals surface area contributed by atoms with Crippen LogP contribution >= 0.6 is 23.1 Å². The average Bonchev–Trinajstić information content (AvgIpc) is 2.48. The molecule has 0 amide bonds. The molecule has 0 aliphatic rings. The monoisotopic (exact) mass is 231 g/mol. The molecule has 1 aromatic rings. The second-order valence-electron chi connectivity index (χ2n) is 3.45. The Morgan fingerprint density at radius 1 is 1.57 bits per heavy atom. The van der Waals surface area contributed by atoms with Crippen LogP contribution in [0.2, 0.25) is 0 Å². The molecule has 0 aliphatic carbocycles. The summed E-state index contributed by atoms with van der Waals surface area (Å²) in [7, 11) is 0. The van der Waals surface area contributed by atoms with Gasteiger partial charge < -0.3 is 5.11 Å². The number of aryl methyl sites for hydroxylation is 1. The largest absolute Gasteiger partial charge is 0.477 e. The molecule has 1 aromatic heterocycles. The molecule has 0 saturated carbocycles. The normalized spacial score (nSPS) is 11.7. The minimum absolute atomic E-state index is 0.108. The molecule has 0 bridgehead atoms. The molecule has 78 valence electrons. The van der Waals surface area contributed by atoms with Crippen LogP contribution < -0.4 is 0 Å². The van der Waals surface area contributed by atoms with E-state index in [2.05, 4.69) is 4.98 Å². The quantitative estimate of drug-likeness (QED) is 0.869. The van der Waals surface area contributed by atoms with Gasteiger partial charge in [0.15, 0.2) is 0 Å². The van der Waals surface area contributed by atoms with Gasteiger partial charge in [-0.1, -0.05) is 0 Å². The maximum absolute atomic E-state index is 10.8. The number of rotatable bonds is 3. The number of hydrogen-bond donors (Lipinski definition) is 1. The lowest BCUT2D eigenvalue weighted by Crippen LogP contribution is -2.10. The summed E-state index contributed by atoms with van der Waals surface area (Å²) in [5, 5.41) is 9.76. The fourth-order valence-corrected chi connectivity index (χ4v) is 2.44. The van der Waals surface area contributed by atoms with Crippen LogP contribution in [-0.2, 0) is 4.75 Å². The van der Waals surface area contributed by atoms with E-state index in [1.165, 1.54) is 11.3 Å². The number of carboxylic acid groups (broad SMARTS) is 1. The molecule has 5 heteroatoms. The van der Waals surface area contributed by atoms with Gasteiger partial charge in [-0.05, 0) is 27.0 Å². The minimum atomic E-state index is -0.886. The van der Waals surface area contributed by atoms with E-state index in [0.29, 0.717) is 10.6 Å². The van der Waals surface area contributed by atoms with Crippen LogP contribution in [0.25, 0.3) is 0 Å². The van der Waals surface area contributed by atoms with Gasteiger partial charge in [-0.2, -0.15) is 11.8 Å². The number of nitrogens with zero attached hydrogens (tertiary/aromatic N) is 1. The van der Waals surface area contributed by atoms with Crippen molar-refractivity contribution in [1.29, 1.82) is 0 Å². The van der Waals surface area contributed by atoms with E-state index in [-0.39, 0.29) is 4.75 Å². The van der Waals surface area contributed by atoms with Crippen molar-refractivity contribution in [3.8, 4) is 0 Å². The zero-order chi connectivity index (χ0) is 10.9. The van der Waals surface area contributed by atoms with Gasteiger partial charge in [-0.15, -0.1) is 11.3 Å². The Hall–Kier alpha value is -0.550. The number of aromatic nitrogens is 1. The summed E-state index contributed by atoms with van der Waals surface area (Å²) in [6, 6.07) is 0. The first-order valence-corrected chi connectivity index (χ1v) is 6.19. The summed E-state index contributed by atoms with van der Waals surface area (Å²) in [6.07, 6.45) is 2.00. The first-order chi connectivity index (χ1) is 6.38. The van der Waals surface area contributed by atoms with Gasteiger partial charge in [0.1, 0.15) is 9.88 Å². The highest BCUT2D eigenvalue weighted by atomic mass is 32.2. The van der Waals surface area contributed by atoms with E-state index in [9.17, 15) is 4.79 Å². The molecule has 0 saturated heterocycles. The van der Waals surface area contributed by atoms with E-state index in [4.69, 9.17) is 5.11 Å². The van der Waals surface area contributed by atoms with Crippen molar-refractivity contribution in [3.63, 3.8) is 0 Å². The molecule has 0 spiro atoms. The van der Waals surface area contributed by atoms with Gasteiger partial charge >= 0.3 is 5.97 Å². The van der Waals surface area contributed by atoms with Crippen LogP contribution in [0.3, 0.4) is 0 Å². The van der Waals surface area contributed by atoms with Crippen molar-refractivity contribution in [3.05, 3.63) is 15.6 Å². The van der Waals surface area contributed by atoms with Crippen molar-refractivity contribution < 1.29 is 9.90 Å². The van der Waals surface area contributed by atoms with Gasteiger partial charge in [0.2, 0.25) is 0 Å². The Kier molecular flexibility index (Phi) is 3.21. The zero-order valence-electron chi connectivity index (χ0n) is 8.62. The lowest BCUT2D eigenvalue weighted by Gasteiger charge is -2.17. The maximum Gasteiger partial charge on any atom is 0.347 e. The summed E-state index contributed by atoms with van der Waals surface area (Å²) in [5.41, 5.74) is 0.611. The van der Waals surface area contributed by atoms with Crippen LogP contribution in [0.4, 0.5) is 0 Å². The van der Waals surface area contributed by atoms with Crippen LogP contribution in [0.5, 0.6) is 0 Å². The molecule has 0 atom stereocenters. The number of carboxylic acids is 1. The highest BCUT2D eigenvalue weighted by Gasteiger charge is 2.26. The van der Waals surface area contributed by atoms with Gasteiger partial charge in [0.05, 0.1) is 10.4 Å². The lowest BCUT2D eigenvalue weighted by atomic mass is 10.2. The van der Waals surface area contributed by atoms with E-state index >= 15 is 0 Å². The molecule has 3 nitrogen and oxygen atoms in total.